The Labute approximate surface area is 232 Å². The fourth-order valence-electron chi connectivity index (χ4n) is 8.23. The van der Waals surface area contributed by atoms with Crippen molar-refractivity contribution in [2.24, 2.45) is 23.2 Å². The van der Waals surface area contributed by atoms with Crippen molar-refractivity contribution in [2.45, 2.75) is 94.8 Å². The molecule has 200 valence electrons. The van der Waals surface area contributed by atoms with Crippen LogP contribution in [-0.2, 0) is 15.7 Å². The van der Waals surface area contributed by atoms with Crippen LogP contribution in [0.3, 0.4) is 0 Å². The van der Waals surface area contributed by atoms with Crippen LogP contribution in [0.25, 0.3) is 0 Å². The van der Waals surface area contributed by atoms with Crippen molar-refractivity contribution in [3.63, 3.8) is 0 Å². The van der Waals surface area contributed by atoms with Crippen LogP contribution in [0.15, 0.2) is 69.3 Å². The largest absolute Gasteiger partial charge is 0.550 e. The van der Waals surface area contributed by atoms with E-state index in [1.54, 1.807) is 0 Å². The summed E-state index contributed by atoms with van der Waals surface area (Å²) in [4.78, 5) is 15.5. The summed E-state index contributed by atoms with van der Waals surface area (Å²) in [5.74, 6) is 1.38. The molecule has 4 bridgehead atoms. The maximum Gasteiger partial charge on any atom is 0.172 e. The average Bonchev–Trinajstić information content (AvgIpc) is 2.82. The molecule has 0 N–H and O–H groups in total. The molecule has 2 nitrogen and oxygen atoms in total. The van der Waals surface area contributed by atoms with Crippen molar-refractivity contribution in [3.05, 3.63) is 88.0 Å². The molecule has 0 amide bonds. The zero-order valence-electron chi connectivity index (χ0n) is 23.9. The first-order valence-corrected chi connectivity index (χ1v) is 15.5. The van der Waals surface area contributed by atoms with Gasteiger partial charge in [-0.05, 0) is 110 Å². The molecule has 4 aliphatic rings. The van der Waals surface area contributed by atoms with Gasteiger partial charge in [0.05, 0.1) is 0 Å². The number of carbonyl (C=O) groups is 1. The van der Waals surface area contributed by atoms with Gasteiger partial charge in [-0.3, -0.25) is 0 Å². The second-order valence-corrected chi connectivity index (χ2v) is 14.5. The standard InChI is InChI=1S/C24H27S.C11H16O2/c1-16-12-18(3)23(19(4)13-16)25(22-10-8-7-9-11-22)24-20(5)14-17(2)15-21(24)6;12-10(13)11-4-7-1-8(5-11)3-9(2-7)6-11/h7-15H,1-6H3;7-9H,1-6H2,(H,12,13)/q+1;/p-1. The van der Waals surface area contributed by atoms with Gasteiger partial charge in [0.15, 0.2) is 14.7 Å². The fourth-order valence-corrected chi connectivity index (χ4v) is 10.9. The quantitative estimate of drug-likeness (QED) is 0.329. The number of carboxylic acids is 1. The maximum absolute atomic E-state index is 11.1. The summed E-state index contributed by atoms with van der Waals surface area (Å²) in [6.45, 7) is 13.4. The molecule has 0 spiro atoms. The van der Waals surface area contributed by atoms with Crippen LogP contribution < -0.4 is 5.11 Å². The van der Waals surface area contributed by atoms with E-state index in [-0.39, 0.29) is 10.9 Å². The lowest BCUT2D eigenvalue weighted by Gasteiger charge is -2.57. The lowest BCUT2D eigenvalue weighted by atomic mass is 9.49. The van der Waals surface area contributed by atoms with Gasteiger partial charge in [-0.2, -0.15) is 0 Å². The molecule has 4 aliphatic carbocycles. The molecule has 3 aromatic rings. The van der Waals surface area contributed by atoms with E-state index in [1.165, 1.54) is 67.3 Å². The molecule has 0 atom stereocenters. The lowest BCUT2D eigenvalue weighted by Crippen LogP contribution is -2.54. The fraction of sp³-hybridized carbons (Fsp3) is 0.457. The normalized spacial score (nSPS) is 25.3. The molecule has 0 aromatic heterocycles. The molecule has 3 heteroatoms. The second-order valence-electron chi connectivity index (χ2n) is 12.6. The Morgan fingerprint density at radius 2 is 1.05 bits per heavy atom. The number of hydrogen-bond donors (Lipinski definition) is 0. The van der Waals surface area contributed by atoms with Gasteiger partial charge in [0.2, 0.25) is 0 Å². The molecule has 3 aromatic carbocycles. The predicted molar refractivity (Wildman–Crippen MR) is 156 cm³/mol. The van der Waals surface area contributed by atoms with Gasteiger partial charge in [0.25, 0.3) is 0 Å². The van der Waals surface area contributed by atoms with E-state index in [2.05, 4.69) is 96.1 Å². The van der Waals surface area contributed by atoms with Crippen LogP contribution in [0.2, 0.25) is 0 Å². The van der Waals surface area contributed by atoms with Gasteiger partial charge in [0.1, 0.15) is 10.9 Å². The number of rotatable bonds is 4. The Kier molecular flexibility index (Phi) is 7.52. The monoisotopic (exact) mass is 526 g/mol. The Hall–Kier alpha value is -2.52. The van der Waals surface area contributed by atoms with Crippen molar-refractivity contribution in [1.29, 1.82) is 0 Å². The van der Waals surface area contributed by atoms with E-state index in [4.69, 9.17) is 0 Å². The van der Waals surface area contributed by atoms with E-state index < -0.39 is 11.4 Å². The Balaban J connectivity index is 0.000000187. The zero-order valence-corrected chi connectivity index (χ0v) is 24.7. The summed E-state index contributed by atoms with van der Waals surface area (Å²) in [6, 6.07) is 20.3. The van der Waals surface area contributed by atoms with Crippen molar-refractivity contribution >= 4 is 16.9 Å². The van der Waals surface area contributed by atoms with Crippen LogP contribution in [0, 0.1) is 64.7 Å². The summed E-state index contributed by atoms with van der Waals surface area (Å²) < 4.78 is 0. The minimum atomic E-state index is -0.758. The molecule has 4 saturated carbocycles. The van der Waals surface area contributed by atoms with Crippen LogP contribution in [0.1, 0.15) is 71.9 Å². The summed E-state index contributed by atoms with van der Waals surface area (Å²) in [6.07, 6.45) is 6.65. The van der Waals surface area contributed by atoms with E-state index in [0.717, 1.165) is 19.3 Å². The molecule has 4 fully saturated rings. The minimum Gasteiger partial charge on any atom is -0.550 e. The first-order chi connectivity index (χ1) is 18.1. The molecular formula is C35H42O2S. The van der Waals surface area contributed by atoms with Crippen molar-refractivity contribution in [2.75, 3.05) is 0 Å². The topological polar surface area (TPSA) is 40.1 Å². The van der Waals surface area contributed by atoms with Crippen LogP contribution in [-0.4, -0.2) is 5.97 Å². The van der Waals surface area contributed by atoms with Gasteiger partial charge in [0, 0.05) is 33.6 Å². The molecule has 38 heavy (non-hydrogen) atoms. The number of benzene rings is 3. The molecule has 0 saturated heterocycles. The van der Waals surface area contributed by atoms with Gasteiger partial charge >= 0.3 is 0 Å². The third kappa shape index (κ3) is 5.19. The smallest absolute Gasteiger partial charge is 0.172 e. The van der Waals surface area contributed by atoms with Gasteiger partial charge in [-0.1, -0.05) is 53.6 Å². The number of carboxylic acid groups (broad SMARTS) is 1. The zero-order chi connectivity index (χ0) is 27.2. The molecule has 0 aliphatic heterocycles. The third-order valence-electron chi connectivity index (χ3n) is 9.07. The number of carbonyl (C=O) groups excluding carboxylic acids is 1. The lowest BCUT2D eigenvalue weighted by molar-refractivity contribution is -0.327. The first kappa shape index (κ1) is 27.1. The Bertz CT molecular complexity index is 1200. The van der Waals surface area contributed by atoms with Gasteiger partial charge in [-0.15, -0.1) is 0 Å². The highest BCUT2D eigenvalue weighted by Crippen LogP contribution is 2.59. The van der Waals surface area contributed by atoms with Crippen LogP contribution in [0.5, 0.6) is 0 Å². The molecule has 7 rings (SSSR count). The van der Waals surface area contributed by atoms with E-state index >= 15 is 0 Å². The first-order valence-electron chi connectivity index (χ1n) is 14.2. The third-order valence-corrected chi connectivity index (χ3v) is 11.9. The maximum atomic E-state index is 11.1. The van der Waals surface area contributed by atoms with Crippen molar-refractivity contribution < 1.29 is 9.90 Å². The summed E-state index contributed by atoms with van der Waals surface area (Å²) >= 11 is 0. The summed E-state index contributed by atoms with van der Waals surface area (Å²) in [7, 11) is -0.0775. The Morgan fingerprint density at radius 3 is 1.39 bits per heavy atom. The van der Waals surface area contributed by atoms with E-state index in [0.29, 0.717) is 17.8 Å². The highest BCUT2D eigenvalue weighted by Gasteiger charge is 2.51. The van der Waals surface area contributed by atoms with E-state index in [9.17, 15) is 9.90 Å². The predicted octanol–water partition coefficient (Wildman–Crippen LogP) is 7.59. The highest BCUT2D eigenvalue weighted by atomic mass is 32.2. The molecule has 0 heterocycles. The van der Waals surface area contributed by atoms with Crippen LogP contribution in [0.4, 0.5) is 0 Å². The molecular weight excluding hydrogens is 484 g/mol. The molecule has 0 unspecified atom stereocenters. The number of aryl methyl sites for hydroxylation is 6. The second kappa shape index (κ2) is 10.6. The van der Waals surface area contributed by atoms with Crippen molar-refractivity contribution in [1.82, 2.24) is 0 Å². The SMILES string of the molecule is Cc1cc(C)c([S+](c2ccccc2)c2c(C)cc(C)cc2C)c(C)c1.O=C([O-])C12CC3CC(CC(C3)C1)C2. The average molecular weight is 527 g/mol. The number of hydrogen-bond acceptors (Lipinski definition) is 2. The molecule has 0 radical (unpaired) electrons. The number of aliphatic carboxylic acids is 1. The highest BCUT2D eigenvalue weighted by molar-refractivity contribution is 7.97. The van der Waals surface area contributed by atoms with Gasteiger partial charge in [-0.25, -0.2) is 0 Å². The van der Waals surface area contributed by atoms with Gasteiger partial charge < -0.3 is 9.90 Å². The van der Waals surface area contributed by atoms with Crippen molar-refractivity contribution in [3.8, 4) is 0 Å². The summed E-state index contributed by atoms with van der Waals surface area (Å²) in [5, 5.41) is 11.1. The summed E-state index contributed by atoms with van der Waals surface area (Å²) in [5.41, 5.74) is 7.86. The Morgan fingerprint density at radius 1 is 0.684 bits per heavy atom. The van der Waals surface area contributed by atoms with E-state index in [1.807, 2.05) is 0 Å². The minimum absolute atomic E-state index is 0.0775. The van der Waals surface area contributed by atoms with Crippen LogP contribution >= 0.6 is 0 Å².